The van der Waals surface area contributed by atoms with Crippen LogP contribution in [0, 0.1) is 5.82 Å². The summed E-state index contributed by atoms with van der Waals surface area (Å²) in [5, 5.41) is 0. The maximum atomic E-state index is 13.0. The van der Waals surface area contributed by atoms with Gasteiger partial charge in [0, 0.05) is 31.9 Å². The minimum Gasteiger partial charge on any atom is -0.335 e. The van der Waals surface area contributed by atoms with Crippen LogP contribution in [0.2, 0.25) is 0 Å². The largest absolute Gasteiger partial charge is 0.335 e. The molecule has 2 heterocycles. The van der Waals surface area contributed by atoms with Gasteiger partial charge in [-0.25, -0.2) is 4.39 Å². The number of amides is 1. The number of carbonyl (C=O) groups excluding carboxylic acids is 1. The van der Waals surface area contributed by atoms with Gasteiger partial charge in [0.25, 0.3) is 5.91 Å². The van der Waals surface area contributed by atoms with E-state index in [9.17, 15) is 14.0 Å². The van der Waals surface area contributed by atoms with Crippen LogP contribution in [0.4, 0.5) is 4.39 Å². The molecule has 4 nitrogen and oxygen atoms in total. The zero-order valence-corrected chi connectivity index (χ0v) is 13.0. The van der Waals surface area contributed by atoms with Crippen molar-refractivity contribution in [3.63, 3.8) is 0 Å². The highest BCUT2D eigenvalue weighted by Gasteiger charge is 2.29. The van der Waals surface area contributed by atoms with Gasteiger partial charge in [-0.2, -0.15) is 0 Å². The lowest BCUT2D eigenvalue weighted by Gasteiger charge is -2.25. The Labute approximate surface area is 134 Å². The molecular weight excluding hydrogens is 295 g/mol. The van der Waals surface area contributed by atoms with Crippen molar-refractivity contribution in [2.75, 3.05) is 6.54 Å². The van der Waals surface area contributed by atoms with Gasteiger partial charge in [-0.15, -0.1) is 0 Å². The quantitative estimate of drug-likeness (QED) is 0.873. The molecule has 1 aliphatic rings. The first kappa shape index (κ1) is 15.5. The highest BCUT2D eigenvalue weighted by atomic mass is 19.1. The van der Waals surface area contributed by atoms with Crippen LogP contribution >= 0.6 is 0 Å². The Hall–Kier alpha value is -2.43. The number of hydrogen-bond acceptors (Lipinski definition) is 2. The van der Waals surface area contributed by atoms with E-state index in [1.54, 1.807) is 31.4 Å². The number of halogens is 1. The molecule has 1 amide bonds. The fourth-order valence-corrected chi connectivity index (χ4v) is 3.09. The topological polar surface area (TPSA) is 42.3 Å². The van der Waals surface area contributed by atoms with E-state index in [-0.39, 0.29) is 23.3 Å². The number of rotatable bonds is 3. The molecule has 0 aliphatic carbocycles. The SMILES string of the molecule is Cn1cc(C(=O)N2CCCC2Cc2ccc(F)cc2)ccc1=O. The summed E-state index contributed by atoms with van der Waals surface area (Å²) in [6.45, 7) is 0.716. The molecule has 1 fully saturated rings. The normalized spacial score (nSPS) is 17.5. The predicted octanol–water partition coefficient (Wildman–Crippen LogP) is 2.37. The van der Waals surface area contributed by atoms with Crippen LogP contribution in [-0.4, -0.2) is 28.0 Å². The van der Waals surface area contributed by atoms with Gasteiger partial charge in [-0.3, -0.25) is 9.59 Å². The lowest BCUT2D eigenvalue weighted by Crippen LogP contribution is -2.37. The molecule has 3 rings (SSSR count). The Balaban J connectivity index is 1.77. The molecular formula is C18H19FN2O2. The first-order valence-corrected chi connectivity index (χ1v) is 7.77. The van der Waals surface area contributed by atoms with Crippen molar-refractivity contribution in [3.05, 3.63) is 69.9 Å². The highest BCUT2D eigenvalue weighted by Crippen LogP contribution is 2.23. The standard InChI is InChI=1S/C18H19FN2O2/c1-20-12-14(6-9-17(20)22)18(23)21-10-2-3-16(21)11-13-4-7-15(19)8-5-13/h4-9,12,16H,2-3,10-11H2,1H3. The summed E-state index contributed by atoms with van der Waals surface area (Å²) < 4.78 is 14.4. The summed E-state index contributed by atoms with van der Waals surface area (Å²) in [7, 11) is 1.64. The van der Waals surface area contributed by atoms with E-state index in [2.05, 4.69) is 0 Å². The van der Waals surface area contributed by atoms with Crippen LogP contribution in [0.1, 0.15) is 28.8 Å². The summed E-state index contributed by atoms with van der Waals surface area (Å²) in [6.07, 6.45) is 4.20. The van der Waals surface area contributed by atoms with E-state index in [1.807, 2.05) is 4.90 Å². The number of aromatic nitrogens is 1. The van der Waals surface area contributed by atoms with Crippen molar-refractivity contribution >= 4 is 5.91 Å². The number of aryl methyl sites for hydroxylation is 1. The molecule has 0 N–H and O–H groups in total. The van der Waals surface area contributed by atoms with Crippen molar-refractivity contribution in [2.24, 2.45) is 7.05 Å². The van der Waals surface area contributed by atoms with Crippen LogP contribution < -0.4 is 5.56 Å². The summed E-state index contributed by atoms with van der Waals surface area (Å²) in [6, 6.07) is 9.54. The summed E-state index contributed by atoms with van der Waals surface area (Å²) in [4.78, 5) is 26.0. The van der Waals surface area contributed by atoms with Crippen molar-refractivity contribution < 1.29 is 9.18 Å². The number of pyridine rings is 1. The van der Waals surface area contributed by atoms with Gasteiger partial charge in [-0.1, -0.05) is 12.1 Å². The minimum atomic E-state index is -0.252. The monoisotopic (exact) mass is 314 g/mol. The van der Waals surface area contributed by atoms with Gasteiger partial charge in [0.05, 0.1) is 5.56 Å². The van der Waals surface area contributed by atoms with E-state index in [1.165, 1.54) is 22.8 Å². The fourth-order valence-electron chi connectivity index (χ4n) is 3.09. The smallest absolute Gasteiger partial charge is 0.255 e. The van der Waals surface area contributed by atoms with Gasteiger partial charge in [0.1, 0.15) is 5.82 Å². The zero-order chi connectivity index (χ0) is 16.4. The minimum absolute atomic E-state index is 0.0507. The van der Waals surface area contributed by atoms with Gasteiger partial charge >= 0.3 is 0 Å². The Morgan fingerprint density at radius 2 is 1.96 bits per heavy atom. The van der Waals surface area contributed by atoms with Crippen LogP contribution in [0.3, 0.4) is 0 Å². The molecule has 1 aliphatic heterocycles. The van der Waals surface area contributed by atoms with E-state index in [0.29, 0.717) is 12.1 Å². The Morgan fingerprint density at radius 1 is 1.22 bits per heavy atom. The zero-order valence-electron chi connectivity index (χ0n) is 13.0. The fraction of sp³-hybridized carbons (Fsp3) is 0.333. The Morgan fingerprint density at radius 3 is 2.65 bits per heavy atom. The second kappa shape index (κ2) is 6.36. The lowest BCUT2D eigenvalue weighted by atomic mass is 10.0. The molecule has 0 radical (unpaired) electrons. The van der Waals surface area contributed by atoms with E-state index >= 15 is 0 Å². The molecule has 1 saturated heterocycles. The van der Waals surface area contributed by atoms with Crippen molar-refractivity contribution in [1.29, 1.82) is 0 Å². The molecule has 1 atom stereocenters. The average Bonchev–Trinajstić information content (AvgIpc) is 2.99. The molecule has 1 aromatic carbocycles. The third kappa shape index (κ3) is 3.33. The molecule has 1 aromatic heterocycles. The van der Waals surface area contributed by atoms with Crippen LogP contribution in [-0.2, 0) is 13.5 Å². The molecule has 120 valence electrons. The van der Waals surface area contributed by atoms with Gasteiger partial charge in [0.2, 0.25) is 5.56 Å². The van der Waals surface area contributed by atoms with Crippen LogP contribution in [0.15, 0.2) is 47.4 Å². The van der Waals surface area contributed by atoms with Gasteiger partial charge in [-0.05, 0) is 43.0 Å². The first-order valence-electron chi connectivity index (χ1n) is 7.77. The number of likely N-dealkylation sites (tertiary alicyclic amines) is 1. The maximum absolute atomic E-state index is 13.0. The molecule has 1 unspecified atom stereocenters. The van der Waals surface area contributed by atoms with Gasteiger partial charge in [0.15, 0.2) is 0 Å². The Kier molecular flexibility index (Phi) is 4.28. The van der Waals surface area contributed by atoms with Gasteiger partial charge < -0.3 is 9.47 Å². The van der Waals surface area contributed by atoms with E-state index < -0.39 is 0 Å². The maximum Gasteiger partial charge on any atom is 0.255 e. The average molecular weight is 314 g/mol. The van der Waals surface area contributed by atoms with Crippen LogP contribution in [0.25, 0.3) is 0 Å². The summed E-state index contributed by atoms with van der Waals surface area (Å²) in [5.41, 5.74) is 1.42. The molecule has 0 saturated carbocycles. The second-order valence-corrected chi connectivity index (χ2v) is 5.99. The Bertz CT molecular complexity index is 767. The summed E-state index contributed by atoms with van der Waals surface area (Å²) >= 11 is 0. The van der Waals surface area contributed by atoms with E-state index in [4.69, 9.17) is 0 Å². The highest BCUT2D eigenvalue weighted by molar-refractivity contribution is 5.94. The number of hydrogen-bond donors (Lipinski definition) is 0. The number of benzene rings is 1. The second-order valence-electron chi connectivity index (χ2n) is 5.99. The molecule has 2 aromatic rings. The molecule has 5 heteroatoms. The lowest BCUT2D eigenvalue weighted by molar-refractivity contribution is 0.0735. The number of carbonyl (C=O) groups is 1. The summed E-state index contributed by atoms with van der Waals surface area (Å²) in [5.74, 6) is -0.302. The molecule has 0 bridgehead atoms. The van der Waals surface area contributed by atoms with Crippen LogP contribution in [0.5, 0.6) is 0 Å². The molecule has 23 heavy (non-hydrogen) atoms. The third-order valence-electron chi connectivity index (χ3n) is 4.36. The van der Waals surface area contributed by atoms with Crippen molar-refractivity contribution in [3.8, 4) is 0 Å². The molecule has 0 spiro atoms. The predicted molar refractivity (Wildman–Crippen MR) is 85.8 cm³/mol. The van der Waals surface area contributed by atoms with Crippen molar-refractivity contribution in [2.45, 2.75) is 25.3 Å². The van der Waals surface area contributed by atoms with Crippen molar-refractivity contribution in [1.82, 2.24) is 9.47 Å². The third-order valence-corrected chi connectivity index (χ3v) is 4.36. The number of nitrogens with zero attached hydrogens (tertiary/aromatic N) is 2. The first-order chi connectivity index (χ1) is 11.0. The van der Waals surface area contributed by atoms with E-state index in [0.717, 1.165) is 24.8 Å².